The molecule has 2 rings (SSSR count). The maximum atomic E-state index is 11.6. The van der Waals surface area contributed by atoms with Crippen molar-refractivity contribution in [2.75, 3.05) is 0 Å². The highest BCUT2D eigenvalue weighted by atomic mass is 32.2. The van der Waals surface area contributed by atoms with E-state index in [1.807, 2.05) is 30.3 Å². The van der Waals surface area contributed by atoms with Gasteiger partial charge in [-0.15, -0.1) is 11.8 Å². The molecule has 2 nitrogen and oxygen atoms in total. The van der Waals surface area contributed by atoms with Crippen molar-refractivity contribution >= 4 is 23.3 Å². The van der Waals surface area contributed by atoms with Crippen LogP contribution < -0.4 is 0 Å². The SMILES string of the molecule is O=C1CCC(Sc2ccccc2)C(=O)C1. The summed E-state index contributed by atoms with van der Waals surface area (Å²) in [6.45, 7) is 0. The number of Topliss-reactive ketones (excluding diaryl/α,β-unsaturated/α-hetero) is 2. The number of carbonyl (C=O) groups is 2. The van der Waals surface area contributed by atoms with Crippen molar-refractivity contribution in [2.24, 2.45) is 0 Å². The molecule has 0 N–H and O–H groups in total. The Bertz CT molecular complexity index is 372. The van der Waals surface area contributed by atoms with Gasteiger partial charge in [-0.05, 0) is 18.6 Å². The van der Waals surface area contributed by atoms with Gasteiger partial charge in [-0.25, -0.2) is 0 Å². The zero-order valence-corrected chi connectivity index (χ0v) is 9.13. The normalized spacial score (nSPS) is 21.7. The Labute approximate surface area is 93.1 Å². The summed E-state index contributed by atoms with van der Waals surface area (Å²) in [5, 5.41) is -0.0231. The third kappa shape index (κ3) is 2.69. The number of hydrogen-bond acceptors (Lipinski definition) is 3. The number of thioether (sulfide) groups is 1. The summed E-state index contributed by atoms with van der Waals surface area (Å²) in [5.74, 6) is 0.171. The van der Waals surface area contributed by atoms with Gasteiger partial charge < -0.3 is 0 Å². The van der Waals surface area contributed by atoms with Crippen molar-refractivity contribution in [2.45, 2.75) is 29.4 Å². The van der Waals surface area contributed by atoms with Gasteiger partial charge in [0.2, 0.25) is 0 Å². The number of carbonyl (C=O) groups excluding carboxylic acids is 2. The van der Waals surface area contributed by atoms with Crippen LogP contribution in [0.25, 0.3) is 0 Å². The van der Waals surface area contributed by atoms with Crippen LogP contribution in [0.2, 0.25) is 0 Å². The molecular weight excluding hydrogens is 208 g/mol. The van der Waals surface area contributed by atoms with Gasteiger partial charge in [0.1, 0.15) is 5.78 Å². The van der Waals surface area contributed by atoms with E-state index in [1.165, 1.54) is 0 Å². The van der Waals surface area contributed by atoms with Gasteiger partial charge in [0.15, 0.2) is 5.78 Å². The molecule has 1 aliphatic carbocycles. The van der Waals surface area contributed by atoms with Gasteiger partial charge in [0.25, 0.3) is 0 Å². The second-order valence-corrected chi connectivity index (χ2v) is 4.92. The highest BCUT2D eigenvalue weighted by Gasteiger charge is 2.27. The molecule has 1 aromatic rings. The van der Waals surface area contributed by atoms with Crippen molar-refractivity contribution in [1.29, 1.82) is 0 Å². The number of rotatable bonds is 2. The smallest absolute Gasteiger partial charge is 0.153 e. The Morgan fingerprint density at radius 2 is 1.87 bits per heavy atom. The maximum Gasteiger partial charge on any atom is 0.153 e. The number of benzene rings is 1. The first kappa shape index (κ1) is 10.4. The van der Waals surface area contributed by atoms with E-state index in [-0.39, 0.29) is 23.2 Å². The third-order valence-electron chi connectivity index (χ3n) is 2.44. The Kier molecular flexibility index (Phi) is 3.21. The van der Waals surface area contributed by atoms with Crippen LogP contribution in [0.3, 0.4) is 0 Å². The largest absolute Gasteiger partial charge is 0.299 e. The summed E-state index contributed by atoms with van der Waals surface area (Å²) < 4.78 is 0. The fourth-order valence-corrected chi connectivity index (χ4v) is 2.73. The van der Waals surface area contributed by atoms with E-state index in [9.17, 15) is 9.59 Å². The molecule has 1 aromatic carbocycles. The standard InChI is InChI=1S/C12H12O2S/c13-9-6-7-12(11(14)8-9)15-10-4-2-1-3-5-10/h1-5,12H,6-8H2. The molecule has 0 heterocycles. The van der Waals surface area contributed by atoms with Crippen molar-refractivity contribution in [1.82, 2.24) is 0 Å². The molecule has 1 unspecified atom stereocenters. The van der Waals surface area contributed by atoms with Gasteiger partial charge in [-0.2, -0.15) is 0 Å². The molecule has 1 aliphatic rings. The molecule has 0 aromatic heterocycles. The lowest BCUT2D eigenvalue weighted by Gasteiger charge is -2.18. The van der Waals surface area contributed by atoms with Gasteiger partial charge in [0, 0.05) is 11.3 Å². The molecule has 0 spiro atoms. The quantitative estimate of drug-likeness (QED) is 0.718. The van der Waals surface area contributed by atoms with E-state index in [0.717, 1.165) is 4.90 Å². The first-order valence-corrected chi connectivity index (χ1v) is 5.90. The summed E-state index contributed by atoms with van der Waals surface area (Å²) in [6, 6.07) is 9.86. The molecule has 0 bridgehead atoms. The Balaban J connectivity index is 2.01. The monoisotopic (exact) mass is 220 g/mol. The Morgan fingerprint density at radius 3 is 2.53 bits per heavy atom. The van der Waals surface area contributed by atoms with Gasteiger partial charge in [-0.3, -0.25) is 9.59 Å². The van der Waals surface area contributed by atoms with Gasteiger partial charge >= 0.3 is 0 Å². The maximum absolute atomic E-state index is 11.6. The van der Waals surface area contributed by atoms with E-state index in [4.69, 9.17) is 0 Å². The van der Waals surface area contributed by atoms with E-state index < -0.39 is 0 Å². The third-order valence-corrected chi connectivity index (χ3v) is 3.76. The van der Waals surface area contributed by atoms with Crippen molar-refractivity contribution in [3.8, 4) is 0 Å². The van der Waals surface area contributed by atoms with Crippen molar-refractivity contribution in [3.63, 3.8) is 0 Å². The van der Waals surface area contributed by atoms with Crippen LogP contribution in [0, 0.1) is 0 Å². The minimum atomic E-state index is -0.0231. The molecule has 1 fully saturated rings. The second kappa shape index (κ2) is 4.62. The lowest BCUT2D eigenvalue weighted by Crippen LogP contribution is -2.26. The van der Waals surface area contributed by atoms with Crippen LogP contribution in [0.5, 0.6) is 0 Å². The molecule has 1 atom stereocenters. The fourth-order valence-electron chi connectivity index (χ4n) is 1.64. The average molecular weight is 220 g/mol. The lowest BCUT2D eigenvalue weighted by molar-refractivity contribution is -0.129. The minimum Gasteiger partial charge on any atom is -0.299 e. The summed E-state index contributed by atoms with van der Waals surface area (Å²) in [7, 11) is 0. The molecule has 78 valence electrons. The van der Waals surface area contributed by atoms with E-state index in [0.29, 0.717) is 12.8 Å². The van der Waals surface area contributed by atoms with E-state index in [1.54, 1.807) is 11.8 Å². The molecule has 1 saturated carbocycles. The van der Waals surface area contributed by atoms with Crippen molar-refractivity contribution < 1.29 is 9.59 Å². The zero-order chi connectivity index (χ0) is 10.7. The van der Waals surface area contributed by atoms with E-state index >= 15 is 0 Å². The van der Waals surface area contributed by atoms with Crippen LogP contribution in [0.4, 0.5) is 0 Å². The highest BCUT2D eigenvalue weighted by Crippen LogP contribution is 2.30. The molecule has 3 heteroatoms. The Hall–Kier alpha value is -1.09. The highest BCUT2D eigenvalue weighted by molar-refractivity contribution is 8.00. The molecule has 0 radical (unpaired) electrons. The molecule has 0 amide bonds. The van der Waals surface area contributed by atoms with Crippen LogP contribution in [0.1, 0.15) is 19.3 Å². The van der Waals surface area contributed by atoms with Crippen LogP contribution >= 0.6 is 11.8 Å². The van der Waals surface area contributed by atoms with Gasteiger partial charge in [0.05, 0.1) is 11.7 Å². The lowest BCUT2D eigenvalue weighted by atomic mass is 9.98. The first-order valence-electron chi connectivity index (χ1n) is 5.02. The van der Waals surface area contributed by atoms with Crippen LogP contribution in [-0.4, -0.2) is 16.8 Å². The predicted molar refractivity (Wildman–Crippen MR) is 60.0 cm³/mol. The number of hydrogen-bond donors (Lipinski definition) is 0. The number of ketones is 2. The molecule has 0 aliphatic heterocycles. The molecule has 15 heavy (non-hydrogen) atoms. The summed E-state index contributed by atoms with van der Waals surface area (Å²) in [5.41, 5.74) is 0. The Morgan fingerprint density at radius 1 is 1.13 bits per heavy atom. The summed E-state index contributed by atoms with van der Waals surface area (Å²) in [6.07, 6.45) is 1.37. The predicted octanol–water partition coefficient (Wildman–Crippen LogP) is 2.47. The van der Waals surface area contributed by atoms with Crippen LogP contribution in [-0.2, 0) is 9.59 Å². The molecule has 0 saturated heterocycles. The van der Waals surface area contributed by atoms with E-state index in [2.05, 4.69) is 0 Å². The average Bonchev–Trinajstić information content (AvgIpc) is 2.24. The van der Waals surface area contributed by atoms with Crippen LogP contribution in [0.15, 0.2) is 35.2 Å². The minimum absolute atomic E-state index is 0.0231. The first-order chi connectivity index (χ1) is 7.25. The summed E-state index contributed by atoms with van der Waals surface area (Å²) in [4.78, 5) is 23.7. The van der Waals surface area contributed by atoms with Crippen molar-refractivity contribution in [3.05, 3.63) is 30.3 Å². The van der Waals surface area contributed by atoms with Gasteiger partial charge in [-0.1, -0.05) is 18.2 Å². The fraction of sp³-hybridized carbons (Fsp3) is 0.333. The second-order valence-electron chi connectivity index (χ2n) is 3.64. The zero-order valence-electron chi connectivity index (χ0n) is 8.31. The summed E-state index contributed by atoms with van der Waals surface area (Å²) >= 11 is 1.57. The topological polar surface area (TPSA) is 34.1 Å². The molecular formula is C12H12O2S.